The Kier molecular flexibility index (Phi) is 3.95. The quantitative estimate of drug-likeness (QED) is 0.886. The van der Waals surface area contributed by atoms with Crippen molar-refractivity contribution in [2.45, 2.75) is 12.8 Å². The van der Waals surface area contributed by atoms with Gasteiger partial charge in [-0.2, -0.15) is 0 Å². The number of thiophene rings is 1. The van der Waals surface area contributed by atoms with Crippen LogP contribution >= 0.6 is 38.6 Å². The Morgan fingerprint density at radius 2 is 2.15 bits per heavy atom. The number of hydrogen-bond acceptors (Lipinski definition) is 6. The number of nitrogens with zero attached hydrogens (tertiary/aromatic N) is 1. The van der Waals surface area contributed by atoms with Gasteiger partial charge in [0, 0.05) is 4.88 Å². The predicted octanol–water partition coefficient (Wildman–Crippen LogP) is 3.42. The summed E-state index contributed by atoms with van der Waals surface area (Å²) in [6, 6.07) is 0. The largest absolute Gasteiger partial charge is 0.484 e. The van der Waals surface area contributed by atoms with Crippen LogP contribution < -0.4 is 9.47 Å². The summed E-state index contributed by atoms with van der Waals surface area (Å²) in [4.78, 5) is 16.9. The summed E-state index contributed by atoms with van der Waals surface area (Å²) in [7, 11) is 0. The van der Waals surface area contributed by atoms with E-state index in [2.05, 4.69) is 20.9 Å². The molecule has 1 aliphatic rings. The van der Waals surface area contributed by atoms with Crippen molar-refractivity contribution in [2.75, 3.05) is 13.2 Å². The van der Waals surface area contributed by atoms with E-state index in [9.17, 15) is 4.79 Å². The normalized spacial score (nSPS) is 13.4. The van der Waals surface area contributed by atoms with Gasteiger partial charge in [0.05, 0.1) is 17.6 Å². The number of carboxylic acid groups (broad SMARTS) is 1. The number of aryl methyl sites for hydroxylation is 1. The Labute approximate surface area is 131 Å². The summed E-state index contributed by atoms with van der Waals surface area (Å²) in [5.74, 6) is 0.613. The molecule has 0 radical (unpaired) electrons. The average Bonchev–Trinajstić information content (AvgIpc) is 3.01. The van der Waals surface area contributed by atoms with Gasteiger partial charge in [-0.05, 0) is 22.4 Å². The van der Waals surface area contributed by atoms with Gasteiger partial charge >= 0.3 is 5.97 Å². The smallest absolute Gasteiger partial charge is 0.303 e. The zero-order valence-corrected chi connectivity index (χ0v) is 13.4. The molecule has 2 aromatic heterocycles. The molecule has 1 aliphatic heterocycles. The monoisotopic (exact) mass is 375 g/mol. The molecule has 0 amide bonds. The SMILES string of the molecule is O=C(O)CCc1scnc1-c1sc(Br)c2c1OCCO2. The minimum atomic E-state index is -0.807. The van der Waals surface area contributed by atoms with Gasteiger partial charge in [0.25, 0.3) is 0 Å². The van der Waals surface area contributed by atoms with Crippen molar-refractivity contribution in [3.63, 3.8) is 0 Å². The van der Waals surface area contributed by atoms with Crippen LogP contribution in [-0.2, 0) is 11.2 Å². The first-order valence-electron chi connectivity index (χ1n) is 5.89. The van der Waals surface area contributed by atoms with Crippen LogP contribution in [-0.4, -0.2) is 29.3 Å². The van der Waals surface area contributed by atoms with E-state index >= 15 is 0 Å². The topological polar surface area (TPSA) is 68.7 Å². The molecule has 1 N–H and O–H groups in total. The molecule has 20 heavy (non-hydrogen) atoms. The van der Waals surface area contributed by atoms with Crippen LogP contribution in [0.2, 0.25) is 0 Å². The highest BCUT2D eigenvalue weighted by Crippen LogP contribution is 2.52. The maximum atomic E-state index is 10.7. The minimum Gasteiger partial charge on any atom is -0.484 e. The zero-order chi connectivity index (χ0) is 14.1. The summed E-state index contributed by atoms with van der Waals surface area (Å²) in [5.41, 5.74) is 2.53. The number of ether oxygens (including phenoxy) is 2. The van der Waals surface area contributed by atoms with Crippen LogP contribution in [0.3, 0.4) is 0 Å². The fourth-order valence-corrected chi connectivity index (χ4v) is 4.48. The highest BCUT2D eigenvalue weighted by Gasteiger charge is 2.26. The third-order valence-corrected chi connectivity index (χ3v) is 5.47. The van der Waals surface area contributed by atoms with Crippen molar-refractivity contribution in [2.24, 2.45) is 0 Å². The highest BCUT2D eigenvalue weighted by molar-refractivity contribution is 9.11. The fraction of sp³-hybridized carbons (Fsp3) is 0.333. The first kappa shape index (κ1) is 13.8. The lowest BCUT2D eigenvalue weighted by Crippen LogP contribution is -2.14. The van der Waals surface area contributed by atoms with Gasteiger partial charge in [-0.25, -0.2) is 4.98 Å². The van der Waals surface area contributed by atoms with Gasteiger partial charge in [-0.15, -0.1) is 22.7 Å². The molecular weight excluding hydrogens is 366 g/mol. The lowest BCUT2D eigenvalue weighted by Gasteiger charge is -2.16. The van der Waals surface area contributed by atoms with Gasteiger partial charge < -0.3 is 14.6 Å². The summed E-state index contributed by atoms with van der Waals surface area (Å²) < 4.78 is 12.1. The van der Waals surface area contributed by atoms with Crippen molar-refractivity contribution < 1.29 is 19.4 Å². The molecule has 0 spiro atoms. The summed E-state index contributed by atoms with van der Waals surface area (Å²) in [6.45, 7) is 1.04. The molecule has 0 aliphatic carbocycles. The number of thiazole rings is 1. The molecule has 5 nitrogen and oxygen atoms in total. The van der Waals surface area contributed by atoms with Crippen LogP contribution in [0.4, 0.5) is 0 Å². The molecule has 2 aromatic rings. The molecule has 0 atom stereocenters. The van der Waals surface area contributed by atoms with Crippen molar-refractivity contribution in [3.8, 4) is 22.1 Å². The Morgan fingerprint density at radius 3 is 2.90 bits per heavy atom. The molecule has 0 aromatic carbocycles. The maximum absolute atomic E-state index is 10.7. The molecule has 106 valence electrons. The highest BCUT2D eigenvalue weighted by atomic mass is 79.9. The van der Waals surface area contributed by atoms with Crippen molar-refractivity contribution in [3.05, 3.63) is 14.2 Å². The molecular formula is C12H10BrNO4S2. The number of aromatic nitrogens is 1. The lowest BCUT2D eigenvalue weighted by molar-refractivity contribution is -0.136. The van der Waals surface area contributed by atoms with Crippen LogP contribution in [0.15, 0.2) is 9.30 Å². The van der Waals surface area contributed by atoms with Gasteiger partial charge in [0.15, 0.2) is 11.5 Å². The summed E-state index contributed by atoms with van der Waals surface area (Å²) >= 11 is 6.44. The number of halogens is 1. The van der Waals surface area contributed by atoms with E-state index < -0.39 is 5.97 Å². The van der Waals surface area contributed by atoms with Gasteiger partial charge in [-0.1, -0.05) is 0 Å². The average molecular weight is 376 g/mol. The van der Waals surface area contributed by atoms with E-state index in [4.69, 9.17) is 14.6 Å². The van der Waals surface area contributed by atoms with Gasteiger partial charge in [0.2, 0.25) is 0 Å². The van der Waals surface area contributed by atoms with Crippen LogP contribution in [0.1, 0.15) is 11.3 Å². The van der Waals surface area contributed by atoms with E-state index in [0.717, 1.165) is 19.2 Å². The number of carbonyl (C=O) groups is 1. The fourth-order valence-electron chi connectivity index (χ4n) is 1.92. The molecule has 8 heteroatoms. The molecule has 3 rings (SSSR count). The minimum absolute atomic E-state index is 0.0985. The van der Waals surface area contributed by atoms with E-state index in [1.807, 2.05) is 0 Å². The molecule has 0 unspecified atom stereocenters. The van der Waals surface area contributed by atoms with Crippen LogP contribution in [0, 0.1) is 0 Å². The summed E-state index contributed by atoms with van der Waals surface area (Å²) in [5, 5.41) is 8.80. The van der Waals surface area contributed by atoms with Crippen molar-refractivity contribution in [1.82, 2.24) is 4.98 Å². The van der Waals surface area contributed by atoms with E-state index in [1.54, 1.807) is 5.51 Å². The number of fused-ring (bicyclic) bond motifs is 1. The number of aliphatic carboxylic acids is 1. The lowest BCUT2D eigenvalue weighted by atomic mass is 10.2. The second-order valence-electron chi connectivity index (χ2n) is 4.08. The van der Waals surface area contributed by atoms with Crippen molar-refractivity contribution in [1.29, 1.82) is 0 Å². The Hall–Kier alpha value is -1.12. The third kappa shape index (κ3) is 2.55. The second-order valence-corrected chi connectivity index (χ2v) is 7.36. The Morgan fingerprint density at radius 1 is 1.40 bits per heavy atom. The van der Waals surface area contributed by atoms with Gasteiger partial charge in [-0.3, -0.25) is 4.79 Å². The molecule has 3 heterocycles. The van der Waals surface area contributed by atoms with Crippen LogP contribution in [0.25, 0.3) is 10.6 Å². The number of rotatable bonds is 4. The van der Waals surface area contributed by atoms with Crippen molar-refractivity contribution >= 4 is 44.6 Å². The molecule has 0 fully saturated rings. The third-order valence-electron chi connectivity index (χ3n) is 2.78. The number of hydrogen-bond donors (Lipinski definition) is 1. The predicted molar refractivity (Wildman–Crippen MR) is 80.1 cm³/mol. The maximum Gasteiger partial charge on any atom is 0.303 e. The summed E-state index contributed by atoms with van der Waals surface area (Å²) in [6.07, 6.45) is 0.571. The first-order chi connectivity index (χ1) is 9.66. The van der Waals surface area contributed by atoms with Crippen LogP contribution in [0.5, 0.6) is 11.5 Å². The van der Waals surface area contributed by atoms with E-state index in [0.29, 0.717) is 31.1 Å². The van der Waals surface area contributed by atoms with Gasteiger partial charge in [0.1, 0.15) is 21.9 Å². The van der Waals surface area contributed by atoms with E-state index in [-0.39, 0.29) is 6.42 Å². The molecule has 0 saturated carbocycles. The second kappa shape index (κ2) is 5.71. The Balaban J connectivity index is 1.97. The van der Waals surface area contributed by atoms with E-state index in [1.165, 1.54) is 22.7 Å². The standard InChI is InChI=1S/C12H10BrNO4S2/c13-12-10-9(17-3-4-18-10)11(20-12)8-6(19-5-14-8)1-2-7(15)16/h5H,1-4H2,(H,15,16). The Bertz CT molecular complexity index is 652. The molecule has 0 saturated heterocycles. The number of carboxylic acids is 1. The first-order valence-corrected chi connectivity index (χ1v) is 8.38. The molecule has 0 bridgehead atoms. The zero-order valence-electron chi connectivity index (χ0n) is 10.2.